The van der Waals surface area contributed by atoms with Gasteiger partial charge in [0.05, 0.1) is 6.54 Å². The van der Waals surface area contributed by atoms with E-state index in [9.17, 15) is 0 Å². The number of aliphatic hydroxyl groups excluding tert-OH is 1. The van der Waals surface area contributed by atoms with E-state index >= 15 is 0 Å². The summed E-state index contributed by atoms with van der Waals surface area (Å²) < 4.78 is 5.70. The van der Waals surface area contributed by atoms with Crippen LogP contribution in [0.3, 0.4) is 0 Å². The van der Waals surface area contributed by atoms with Crippen molar-refractivity contribution in [3.63, 3.8) is 0 Å². The van der Waals surface area contributed by atoms with E-state index in [1.54, 1.807) is 0 Å². The zero-order chi connectivity index (χ0) is 11.4. The van der Waals surface area contributed by atoms with Gasteiger partial charge in [0.15, 0.2) is 0 Å². The summed E-state index contributed by atoms with van der Waals surface area (Å²) in [7, 11) is 0. The van der Waals surface area contributed by atoms with Gasteiger partial charge in [-0.05, 0) is 44.0 Å². The van der Waals surface area contributed by atoms with Crippen LogP contribution in [0.25, 0.3) is 0 Å². The number of piperidine rings is 1. The van der Waals surface area contributed by atoms with Crippen LogP contribution in [-0.4, -0.2) is 29.7 Å². The van der Waals surface area contributed by atoms with Gasteiger partial charge in [0.1, 0.15) is 11.5 Å². The molecule has 1 aliphatic rings. The zero-order valence-corrected chi connectivity index (χ0v) is 9.98. The lowest BCUT2D eigenvalue weighted by Gasteiger charge is -2.30. The Bertz CT molecular complexity index is 313. The Hall–Kier alpha value is -0.800. The van der Waals surface area contributed by atoms with Crippen LogP contribution in [0, 0.1) is 5.92 Å². The van der Waals surface area contributed by atoms with Gasteiger partial charge in [0.25, 0.3) is 0 Å². The highest BCUT2D eigenvalue weighted by molar-refractivity contribution is 5.07. The molecule has 0 amide bonds. The molecule has 3 heteroatoms. The predicted octanol–water partition coefficient (Wildman–Crippen LogP) is 2.05. The normalized spacial score (nSPS) is 19.1. The van der Waals surface area contributed by atoms with Crippen molar-refractivity contribution in [2.75, 3.05) is 19.7 Å². The molecule has 0 aliphatic carbocycles. The average molecular weight is 223 g/mol. The van der Waals surface area contributed by atoms with E-state index in [1.165, 1.54) is 0 Å². The Morgan fingerprint density at radius 1 is 1.31 bits per heavy atom. The first-order chi connectivity index (χ1) is 7.81. The smallest absolute Gasteiger partial charge is 0.118 e. The standard InChI is InChI=1S/C13H21NO2/c1-2-12-3-4-13(16-12)9-14-7-5-11(10-15)6-8-14/h3-4,11,15H,2,5-10H2,1H3. The Balaban J connectivity index is 1.82. The maximum atomic E-state index is 9.07. The van der Waals surface area contributed by atoms with Crippen LogP contribution in [0.1, 0.15) is 31.3 Å². The van der Waals surface area contributed by atoms with Gasteiger partial charge >= 0.3 is 0 Å². The summed E-state index contributed by atoms with van der Waals surface area (Å²) in [6, 6.07) is 4.15. The lowest BCUT2D eigenvalue weighted by molar-refractivity contribution is 0.122. The maximum absolute atomic E-state index is 9.07. The van der Waals surface area contributed by atoms with Crippen LogP contribution >= 0.6 is 0 Å². The van der Waals surface area contributed by atoms with E-state index in [1.807, 2.05) is 0 Å². The molecule has 2 rings (SSSR count). The highest BCUT2D eigenvalue weighted by Crippen LogP contribution is 2.19. The predicted molar refractivity (Wildman–Crippen MR) is 63.2 cm³/mol. The van der Waals surface area contributed by atoms with E-state index in [0.717, 1.165) is 50.4 Å². The lowest BCUT2D eigenvalue weighted by atomic mass is 9.98. The third kappa shape index (κ3) is 2.86. The summed E-state index contributed by atoms with van der Waals surface area (Å²) in [6.07, 6.45) is 3.18. The fourth-order valence-corrected chi connectivity index (χ4v) is 2.24. The molecule has 2 heterocycles. The quantitative estimate of drug-likeness (QED) is 0.848. The van der Waals surface area contributed by atoms with Gasteiger partial charge in [-0.15, -0.1) is 0 Å². The molecule has 1 N–H and O–H groups in total. The molecule has 0 bridgehead atoms. The minimum Gasteiger partial charge on any atom is -0.465 e. The number of furan rings is 1. The van der Waals surface area contributed by atoms with Gasteiger partial charge in [0.2, 0.25) is 0 Å². The minimum atomic E-state index is 0.342. The first-order valence-corrected chi connectivity index (χ1v) is 6.22. The van der Waals surface area contributed by atoms with Crippen molar-refractivity contribution >= 4 is 0 Å². The molecule has 1 aromatic heterocycles. The van der Waals surface area contributed by atoms with Gasteiger partial charge in [-0.25, -0.2) is 0 Å². The number of likely N-dealkylation sites (tertiary alicyclic amines) is 1. The fraction of sp³-hybridized carbons (Fsp3) is 0.692. The van der Waals surface area contributed by atoms with Gasteiger partial charge < -0.3 is 9.52 Å². The number of rotatable bonds is 4. The number of hydrogen-bond acceptors (Lipinski definition) is 3. The van der Waals surface area contributed by atoms with Crippen LogP contribution in [0.2, 0.25) is 0 Å². The van der Waals surface area contributed by atoms with E-state index < -0.39 is 0 Å². The topological polar surface area (TPSA) is 36.6 Å². The van der Waals surface area contributed by atoms with Crippen molar-refractivity contribution in [3.8, 4) is 0 Å². The molecule has 1 aliphatic heterocycles. The number of aryl methyl sites for hydroxylation is 1. The highest BCUT2D eigenvalue weighted by atomic mass is 16.3. The summed E-state index contributed by atoms with van der Waals surface area (Å²) in [6.45, 7) is 5.52. The van der Waals surface area contributed by atoms with Crippen molar-refractivity contribution in [2.45, 2.75) is 32.7 Å². The zero-order valence-electron chi connectivity index (χ0n) is 9.98. The minimum absolute atomic E-state index is 0.342. The molecule has 0 aromatic carbocycles. The molecule has 0 unspecified atom stereocenters. The molecule has 1 fully saturated rings. The number of nitrogens with zero attached hydrogens (tertiary/aromatic N) is 1. The average Bonchev–Trinajstić information content (AvgIpc) is 2.78. The Morgan fingerprint density at radius 2 is 2.00 bits per heavy atom. The Morgan fingerprint density at radius 3 is 2.56 bits per heavy atom. The summed E-state index contributed by atoms with van der Waals surface area (Å²) in [5.41, 5.74) is 0. The first kappa shape index (κ1) is 11.7. The van der Waals surface area contributed by atoms with Gasteiger partial charge in [-0.3, -0.25) is 4.90 Å². The van der Waals surface area contributed by atoms with Gasteiger partial charge in [-0.2, -0.15) is 0 Å². The van der Waals surface area contributed by atoms with Crippen LogP contribution in [0.15, 0.2) is 16.5 Å². The molecular formula is C13H21NO2. The molecule has 0 atom stereocenters. The highest BCUT2D eigenvalue weighted by Gasteiger charge is 2.19. The van der Waals surface area contributed by atoms with Crippen LogP contribution in [-0.2, 0) is 13.0 Å². The molecule has 16 heavy (non-hydrogen) atoms. The Kier molecular flexibility index (Phi) is 4.02. The second-order valence-electron chi connectivity index (χ2n) is 4.62. The summed E-state index contributed by atoms with van der Waals surface area (Å²) in [5.74, 6) is 2.65. The largest absolute Gasteiger partial charge is 0.465 e. The van der Waals surface area contributed by atoms with Crippen molar-refractivity contribution in [1.29, 1.82) is 0 Å². The molecule has 3 nitrogen and oxygen atoms in total. The van der Waals surface area contributed by atoms with E-state index in [2.05, 4.69) is 24.0 Å². The Labute approximate surface area is 97.1 Å². The SMILES string of the molecule is CCc1ccc(CN2CCC(CO)CC2)o1. The summed E-state index contributed by atoms with van der Waals surface area (Å²) in [4.78, 5) is 2.41. The fourth-order valence-electron chi connectivity index (χ4n) is 2.24. The van der Waals surface area contributed by atoms with Crippen molar-refractivity contribution in [3.05, 3.63) is 23.7 Å². The third-order valence-corrected chi connectivity index (χ3v) is 3.41. The summed E-state index contributed by atoms with van der Waals surface area (Å²) in [5, 5.41) is 9.07. The second kappa shape index (κ2) is 5.51. The molecular weight excluding hydrogens is 202 g/mol. The van der Waals surface area contributed by atoms with Crippen molar-refractivity contribution < 1.29 is 9.52 Å². The van der Waals surface area contributed by atoms with Gasteiger partial charge in [-0.1, -0.05) is 6.92 Å². The van der Waals surface area contributed by atoms with E-state index in [4.69, 9.17) is 9.52 Å². The monoisotopic (exact) mass is 223 g/mol. The number of aliphatic hydroxyl groups is 1. The molecule has 0 spiro atoms. The molecule has 1 saturated heterocycles. The van der Waals surface area contributed by atoms with Crippen LogP contribution in [0.4, 0.5) is 0 Å². The van der Waals surface area contributed by atoms with Crippen LogP contribution < -0.4 is 0 Å². The van der Waals surface area contributed by atoms with Crippen molar-refractivity contribution in [1.82, 2.24) is 4.90 Å². The molecule has 90 valence electrons. The van der Waals surface area contributed by atoms with Crippen molar-refractivity contribution in [2.24, 2.45) is 5.92 Å². The maximum Gasteiger partial charge on any atom is 0.118 e. The van der Waals surface area contributed by atoms with Crippen LogP contribution in [0.5, 0.6) is 0 Å². The van der Waals surface area contributed by atoms with E-state index in [0.29, 0.717) is 12.5 Å². The third-order valence-electron chi connectivity index (χ3n) is 3.41. The molecule has 0 saturated carbocycles. The van der Waals surface area contributed by atoms with Gasteiger partial charge in [0, 0.05) is 13.0 Å². The summed E-state index contributed by atoms with van der Waals surface area (Å²) >= 11 is 0. The van der Waals surface area contributed by atoms with E-state index in [-0.39, 0.29) is 0 Å². The second-order valence-corrected chi connectivity index (χ2v) is 4.62. The molecule has 0 radical (unpaired) electrons. The lowest BCUT2D eigenvalue weighted by Crippen LogP contribution is -2.34. The first-order valence-electron chi connectivity index (χ1n) is 6.22. The number of hydrogen-bond donors (Lipinski definition) is 1. The molecule has 1 aromatic rings.